The van der Waals surface area contributed by atoms with Crippen molar-refractivity contribution >= 4 is 44.6 Å². The van der Waals surface area contributed by atoms with Crippen molar-refractivity contribution in [2.75, 3.05) is 11.5 Å². The number of aromatic nitrogens is 4. The van der Waals surface area contributed by atoms with Gasteiger partial charge in [0.2, 0.25) is 0 Å². The average Bonchev–Trinajstić information content (AvgIpc) is 2.53. The highest BCUT2D eigenvalue weighted by atomic mass is 79.9. The van der Waals surface area contributed by atoms with Crippen LogP contribution in [0.5, 0.6) is 0 Å². The molecule has 0 fully saturated rings. The molecule has 0 aliphatic carbocycles. The number of fused-ring (bicyclic) bond motifs is 1. The molecule has 1 amide bonds. The van der Waals surface area contributed by atoms with E-state index in [1.165, 1.54) is 0 Å². The van der Waals surface area contributed by atoms with E-state index in [9.17, 15) is 4.79 Å². The van der Waals surface area contributed by atoms with Crippen LogP contribution in [0.15, 0.2) is 28.7 Å². The highest BCUT2D eigenvalue weighted by Crippen LogP contribution is 2.24. The van der Waals surface area contributed by atoms with Crippen LogP contribution in [0.4, 0.5) is 11.6 Å². The van der Waals surface area contributed by atoms with Crippen LogP contribution in [0.3, 0.4) is 0 Å². The van der Waals surface area contributed by atoms with Crippen molar-refractivity contribution < 1.29 is 4.79 Å². The van der Waals surface area contributed by atoms with E-state index in [1.807, 2.05) is 29.7 Å². The lowest BCUT2D eigenvalue weighted by molar-refractivity contribution is 0.0949. The van der Waals surface area contributed by atoms with Crippen LogP contribution in [-0.2, 0) is 0 Å². The van der Waals surface area contributed by atoms with Gasteiger partial charge in [0.1, 0.15) is 0 Å². The lowest BCUT2D eigenvalue weighted by Crippen LogP contribution is -2.31. The number of hydrogen-bond donors (Lipinski definition) is 4. The largest absolute Gasteiger partial charge is 0.382 e. The average molecular weight is 375 g/mol. The van der Waals surface area contributed by atoms with Crippen molar-refractivity contribution in [3.63, 3.8) is 0 Å². The highest BCUT2D eigenvalue weighted by Gasteiger charge is 2.17. The van der Waals surface area contributed by atoms with Gasteiger partial charge in [0, 0.05) is 10.0 Å². The van der Waals surface area contributed by atoms with Crippen molar-refractivity contribution in [3.05, 3.63) is 34.4 Å². The van der Waals surface area contributed by atoms with E-state index in [1.54, 1.807) is 0 Å². The van der Waals surface area contributed by atoms with Gasteiger partial charge in [-0.05, 0) is 12.1 Å². The van der Waals surface area contributed by atoms with Gasteiger partial charge in [-0.25, -0.2) is 25.8 Å². The molecule has 0 bridgehead atoms. The number of hydrazine groups is 1. The van der Waals surface area contributed by atoms with Crippen molar-refractivity contribution in [2.45, 2.75) is 0 Å². The first-order valence-corrected chi connectivity index (χ1v) is 7.16. The Morgan fingerprint density at radius 2 is 1.87 bits per heavy atom. The predicted molar refractivity (Wildman–Crippen MR) is 88.7 cm³/mol. The predicted octanol–water partition coefficient (Wildman–Crippen LogP) is 0.617. The fourth-order valence-corrected chi connectivity index (χ4v) is 2.37. The smallest absolute Gasteiger partial charge is 0.287 e. The molecule has 0 atom stereocenters. The molecular formula is C13H11BrN8O. The van der Waals surface area contributed by atoms with Gasteiger partial charge in [-0.1, -0.05) is 28.1 Å². The Morgan fingerprint density at radius 1 is 1.09 bits per heavy atom. The minimum Gasteiger partial charge on any atom is -0.382 e. The first kappa shape index (κ1) is 15.1. The van der Waals surface area contributed by atoms with Crippen molar-refractivity contribution in [1.82, 2.24) is 25.4 Å². The van der Waals surface area contributed by atoms with Gasteiger partial charge in [-0.3, -0.25) is 10.2 Å². The Balaban J connectivity index is 2.21. The van der Waals surface area contributed by atoms with Gasteiger partial charge in [-0.15, -0.1) is 0 Å². The van der Waals surface area contributed by atoms with E-state index in [4.69, 9.17) is 17.3 Å². The maximum Gasteiger partial charge on any atom is 0.287 e. The van der Waals surface area contributed by atoms with Gasteiger partial charge >= 0.3 is 0 Å². The molecule has 0 aliphatic heterocycles. The number of nitrogen functional groups attached to an aromatic ring is 3. The van der Waals surface area contributed by atoms with E-state index in [0.717, 1.165) is 10.0 Å². The molecule has 23 heavy (non-hydrogen) atoms. The minimum absolute atomic E-state index is 0.0866. The second kappa shape index (κ2) is 5.74. The van der Waals surface area contributed by atoms with E-state index < -0.39 is 5.91 Å². The van der Waals surface area contributed by atoms with Crippen molar-refractivity contribution in [2.24, 2.45) is 5.84 Å². The van der Waals surface area contributed by atoms with Crippen LogP contribution >= 0.6 is 15.9 Å². The van der Waals surface area contributed by atoms with Crippen LogP contribution < -0.4 is 22.7 Å². The molecule has 0 saturated heterocycles. The molecule has 2 aromatic heterocycles. The Labute approximate surface area is 138 Å². The Morgan fingerprint density at radius 3 is 2.57 bits per heavy atom. The summed E-state index contributed by atoms with van der Waals surface area (Å²) in [5.41, 5.74) is 14.6. The third kappa shape index (κ3) is 2.76. The number of nitrogens with zero attached hydrogens (tertiary/aromatic N) is 4. The maximum atomic E-state index is 11.6. The van der Waals surface area contributed by atoms with E-state index >= 15 is 0 Å². The zero-order valence-electron chi connectivity index (χ0n) is 11.6. The van der Waals surface area contributed by atoms with Crippen LogP contribution in [0, 0.1) is 0 Å². The molecule has 7 N–H and O–H groups in total. The van der Waals surface area contributed by atoms with Gasteiger partial charge in [0.25, 0.3) is 5.91 Å². The fourth-order valence-electron chi connectivity index (χ4n) is 1.97. The summed E-state index contributed by atoms with van der Waals surface area (Å²) < 4.78 is 0.873. The molecule has 0 unspecified atom stereocenters. The standard InChI is InChI=1S/C13H11BrN8O/c14-6-3-1-2-5(4-6)11-19-9(15)7-12(21-11)20-10(16)8(18-7)13(23)22-17/h1-4H,17H2,(H,22,23)(H4,15,16,19,20,21). The first-order valence-electron chi connectivity index (χ1n) is 6.37. The number of nitrogens with one attached hydrogen (secondary N) is 1. The van der Waals surface area contributed by atoms with Crippen LogP contribution in [0.2, 0.25) is 0 Å². The number of rotatable bonds is 2. The Bertz CT molecular complexity index is 929. The topological polar surface area (TPSA) is 159 Å². The number of carbonyl (C=O) groups excluding carboxylic acids is 1. The van der Waals surface area contributed by atoms with Gasteiger partial charge in [0.15, 0.2) is 34.3 Å². The lowest BCUT2D eigenvalue weighted by atomic mass is 10.2. The number of anilines is 2. The van der Waals surface area contributed by atoms with Crippen LogP contribution in [0.1, 0.15) is 10.5 Å². The zero-order valence-corrected chi connectivity index (χ0v) is 13.2. The van der Waals surface area contributed by atoms with Gasteiger partial charge in [-0.2, -0.15) is 0 Å². The summed E-state index contributed by atoms with van der Waals surface area (Å²) in [4.78, 5) is 28.3. The molecular weight excluding hydrogens is 364 g/mol. The van der Waals surface area contributed by atoms with E-state index in [2.05, 4.69) is 35.9 Å². The number of amides is 1. The summed E-state index contributed by atoms with van der Waals surface area (Å²) in [6.45, 7) is 0. The molecule has 116 valence electrons. The summed E-state index contributed by atoms with van der Waals surface area (Å²) in [5.74, 6) is 4.77. The second-order valence-corrected chi connectivity index (χ2v) is 5.46. The lowest BCUT2D eigenvalue weighted by Gasteiger charge is -2.08. The molecule has 0 spiro atoms. The SMILES string of the molecule is NNC(=O)c1nc2c(N)nc(-c3cccc(Br)c3)nc2nc1N. The molecule has 3 aromatic rings. The zero-order chi connectivity index (χ0) is 16.6. The van der Waals surface area contributed by atoms with Crippen molar-refractivity contribution in [3.8, 4) is 11.4 Å². The number of nitrogens with two attached hydrogens (primary N) is 3. The molecule has 0 saturated carbocycles. The fraction of sp³-hybridized carbons (Fsp3) is 0. The molecule has 1 aromatic carbocycles. The third-order valence-corrected chi connectivity index (χ3v) is 3.51. The summed E-state index contributed by atoms with van der Waals surface area (Å²) in [6.07, 6.45) is 0. The van der Waals surface area contributed by atoms with E-state index in [0.29, 0.717) is 5.82 Å². The molecule has 3 rings (SSSR count). The Hall–Kier alpha value is -2.85. The highest BCUT2D eigenvalue weighted by molar-refractivity contribution is 9.10. The summed E-state index contributed by atoms with van der Waals surface area (Å²) >= 11 is 3.38. The van der Waals surface area contributed by atoms with Crippen LogP contribution in [-0.4, -0.2) is 25.8 Å². The molecule has 0 aliphatic rings. The van der Waals surface area contributed by atoms with Crippen LogP contribution in [0.25, 0.3) is 22.6 Å². The number of benzene rings is 1. The van der Waals surface area contributed by atoms with Gasteiger partial charge < -0.3 is 11.5 Å². The minimum atomic E-state index is -0.674. The second-order valence-electron chi connectivity index (χ2n) is 4.55. The quantitative estimate of drug-likeness (QED) is 0.288. The monoisotopic (exact) mass is 374 g/mol. The number of halogens is 1. The molecule has 2 heterocycles. The van der Waals surface area contributed by atoms with Gasteiger partial charge in [0.05, 0.1) is 0 Å². The van der Waals surface area contributed by atoms with E-state index in [-0.39, 0.29) is 28.5 Å². The Kier molecular flexibility index (Phi) is 3.76. The first-order chi connectivity index (χ1) is 11.0. The number of hydrogen-bond acceptors (Lipinski definition) is 8. The number of carbonyl (C=O) groups is 1. The van der Waals surface area contributed by atoms with Crippen molar-refractivity contribution in [1.29, 1.82) is 0 Å². The maximum absolute atomic E-state index is 11.6. The molecule has 9 nitrogen and oxygen atoms in total. The summed E-state index contributed by atoms with van der Waals surface area (Å²) in [7, 11) is 0. The third-order valence-electron chi connectivity index (χ3n) is 3.01. The molecule has 0 radical (unpaired) electrons. The summed E-state index contributed by atoms with van der Waals surface area (Å²) in [5, 5.41) is 0. The normalized spacial score (nSPS) is 10.7. The summed E-state index contributed by atoms with van der Waals surface area (Å²) in [6, 6.07) is 7.40. The molecule has 10 heteroatoms.